The van der Waals surface area contributed by atoms with E-state index in [1.54, 1.807) is 14.1 Å². The number of hydrogen-bond donors (Lipinski definition) is 1. The average Bonchev–Trinajstić information content (AvgIpc) is 1.68. The molecule has 7 heavy (non-hydrogen) atoms. The van der Waals surface area contributed by atoms with E-state index in [0.29, 0.717) is 6.67 Å². The van der Waals surface area contributed by atoms with Crippen LogP contribution in [0.25, 0.3) is 0 Å². The Morgan fingerprint density at radius 2 is 2.43 bits per heavy atom. The van der Waals surface area contributed by atoms with Crippen LogP contribution in [-0.2, 0) is 0 Å². The molecule has 0 bridgehead atoms. The summed E-state index contributed by atoms with van der Waals surface area (Å²) in [6.07, 6.45) is 1.94. The van der Waals surface area contributed by atoms with E-state index in [-0.39, 0.29) is 0 Å². The van der Waals surface area contributed by atoms with Gasteiger partial charge in [-0.15, -0.1) is 0 Å². The van der Waals surface area contributed by atoms with Crippen LogP contribution in [-0.4, -0.2) is 25.7 Å². The molecule has 0 aromatic carbocycles. The maximum atomic E-state index is 8.10. The van der Waals surface area contributed by atoms with Crippen LogP contribution in [0.3, 0.4) is 0 Å². The zero-order valence-electron chi connectivity index (χ0n) is 4.60. The first kappa shape index (κ1) is 6.25. The van der Waals surface area contributed by atoms with Crippen LogP contribution in [0.1, 0.15) is 0 Å². The van der Waals surface area contributed by atoms with Crippen LogP contribution in [0.5, 0.6) is 0 Å². The van der Waals surface area contributed by atoms with Crippen LogP contribution < -0.4 is 5.32 Å². The van der Waals surface area contributed by atoms with Crippen molar-refractivity contribution in [3.8, 4) is 6.19 Å². The molecule has 0 rings (SSSR count). The van der Waals surface area contributed by atoms with Gasteiger partial charge in [0.15, 0.2) is 6.19 Å². The van der Waals surface area contributed by atoms with E-state index in [1.165, 1.54) is 4.90 Å². The Bertz CT molecular complexity index is 73.5. The summed E-state index contributed by atoms with van der Waals surface area (Å²) in [7, 11) is 3.52. The fourth-order valence-corrected chi connectivity index (χ4v) is 0.273. The van der Waals surface area contributed by atoms with Crippen LogP contribution >= 0.6 is 0 Å². The van der Waals surface area contributed by atoms with Crippen molar-refractivity contribution in [1.29, 1.82) is 5.26 Å². The van der Waals surface area contributed by atoms with Crippen LogP contribution in [0.2, 0.25) is 0 Å². The summed E-state index contributed by atoms with van der Waals surface area (Å²) < 4.78 is 0. The fraction of sp³-hybridized carbons (Fsp3) is 0.750. The minimum Gasteiger partial charge on any atom is -0.302 e. The molecule has 0 aliphatic rings. The van der Waals surface area contributed by atoms with Gasteiger partial charge in [-0.2, -0.15) is 5.26 Å². The first-order valence-electron chi connectivity index (χ1n) is 2.06. The highest BCUT2D eigenvalue weighted by Gasteiger charge is 1.83. The van der Waals surface area contributed by atoms with Crippen molar-refractivity contribution in [2.75, 3.05) is 20.8 Å². The summed E-state index contributed by atoms with van der Waals surface area (Å²) >= 11 is 0. The van der Waals surface area contributed by atoms with Gasteiger partial charge >= 0.3 is 0 Å². The molecule has 1 N–H and O–H groups in total. The Hall–Kier alpha value is -0.750. The smallest absolute Gasteiger partial charge is 0.180 e. The topological polar surface area (TPSA) is 39.1 Å². The van der Waals surface area contributed by atoms with Crippen molar-refractivity contribution >= 4 is 0 Å². The lowest BCUT2D eigenvalue weighted by atomic mass is 10.8. The number of nitrogens with one attached hydrogen (secondary N) is 1. The molecule has 0 aliphatic heterocycles. The van der Waals surface area contributed by atoms with E-state index in [9.17, 15) is 0 Å². The van der Waals surface area contributed by atoms with E-state index in [4.69, 9.17) is 5.26 Å². The van der Waals surface area contributed by atoms with E-state index in [0.717, 1.165) is 0 Å². The van der Waals surface area contributed by atoms with Gasteiger partial charge in [0.1, 0.15) is 0 Å². The predicted octanol–water partition coefficient (Wildman–Crippen LogP) is -0.424. The molecule has 0 unspecified atom stereocenters. The third kappa shape index (κ3) is 3.07. The number of hydrogen-bond acceptors (Lipinski definition) is 3. The second-order valence-corrected chi connectivity index (χ2v) is 1.31. The molecule has 0 aromatic heterocycles. The van der Waals surface area contributed by atoms with Crippen LogP contribution in [0.15, 0.2) is 0 Å². The zero-order valence-corrected chi connectivity index (χ0v) is 4.60. The van der Waals surface area contributed by atoms with E-state index < -0.39 is 0 Å². The zero-order chi connectivity index (χ0) is 5.70. The van der Waals surface area contributed by atoms with Crippen molar-refractivity contribution in [2.45, 2.75) is 0 Å². The highest BCUT2D eigenvalue weighted by Crippen LogP contribution is 1.66. The van der Waals surface area contributed by atoms with Gasteiger partial charge in [-0.1, -0.05) is 0 Å². The van der Waals surface area contributed by atoms with Crippen molar-refractivity contribution in [2.24, 2.45) is 0 Å². The molecule has 0 saturated carbocycles. The number of nitriles is 1. The molecule has 40 valence electrons. The SMILES string of the molecule is CNCN(C)C#N. The van der Waals surface area contributed by atoms with Gasteiger partial charge in [0.25, 0.3) is 0 Å². The standard InChI is InChI=1S/C4H9N3/c1-6-4-7(2)3-5/h6H,4H2,1-2H3. The lowest BCUT2D eigenvalue weighted by Gasteiger charge is -2.04. The predicted molar refractivity (Wildman–Crippen MR) is 27.3 cm³/mol. The molecule has 0 radical (unpaired) electrons. The van der Waals surface area contributed by atoms with E-state index in [1.807, 2.05) is 6.19 Å². The summed E-state index contributed by atoms with van der Waals surface area (Å²) in [6.45, 7) is 0.622. The highest BCUT2D eigenvalue weighted by atomic mass is 15.2. The molecular formula is C4H9N3. The Balaban J connectivity index is 3.04. The van der Waals surface area contributed by atoms with Gasteiger partial charge in [-0.3, -0.25) is 0 Å². The van der Waals surface area contributed by atoms with Gasteiger partial charge in [0.2, 0.25) is 0 Å². The molecule has 0 saturated heterocycles. The normalized spacial score (nSPS) is 7.57. The first-order valence-corrected chi connectivity index (χ1v) is 2.06. The quantitative estimate of drug-likeness (QED) is 0.290. The minimum atomic E-state index is 0.622. The van der Waals surface area contributed by atoms with Gasteiger partial charge < -0.3 is 10.2 Å². The first-order chi connectivity index (χ1) is 3.31. The summed E-state index contributed by atoms with van der Waals surface area (Å²) in [4.78, 5) is 1.50. The highest BCUT2D eigenvalue weighted by molar-refractivity contribution is 4.65. The maximum Gasteiger partial charge on any atom is 0.180 e. The summed E-state index contributed by atoms with van der Waals surface area (Å²) in [5, 5.41) is 10.9. The van der Waals surface area contributed by atoms with Crippen molar-refractivity contribution in [3.05, 3.63) is 0 Å². The van der Waals surface area contributed by atoms with Gasteiger partial charge in [0, 0.05) is 7.05 Å². The molecular weight excluding hydrogens is 90.1 g/mol. The van der Waals surface area contributed by atoms with E-state index >= 15 is 0 Å². The Labute approximate surface area is 43.5 Å². The lowest BCUT2D eigenvalue weighted by Crippen LogP contribution is -2.23. The lowest BCUT2D eigenvalue weighted by molar-refractivity contribution is 0.444. The minimum absolute atomic E-state index is 0.622. The molecule has 0 fully saturated rings. The molecule has 0 atom stereocenters. The molecule has 3 heteroatoms. The van der Waals surface area contributed by atoms with Crippen molar-refractivity contribution < 1.29 is 0 Å². The van der Waals surface area contributed by atoms with Gasteiger partial charge in [-0.05, 0) is 7.05 Å². The Morgan fingerprint density at radius 1 is 1.86 bits per heavy atom. The monoisotopic (exact) mass is 99.1 g/mol. The number of nitrogens with zero attached hydrogens (tertiary/aromatic N) is 2. The fourth-order valence-electron chi connectivity index (χ4n) is 0.273. The third-order valence-electron chi connectivity index (χ3n) is 0.566. The summed E-state index contributed by atoms with van der Waals surface area (Å²) in [6, 6.07) is 0. The Kier molecular flexibility index (Phi) is 3.07. The number of rotatable bonds is 2. The molecule has 0 amide bonds. The summed E-state index contributed by atoms with van der Waals surface area (Å²) in [5.74, 6) is 0. The third-order valence-corrected chi connectivity index (χ3v) is 0.566. The van der Waals surface area contributed by atoms with E-state index in [2.05, 4.69) is 5.32 Å². The molecule has 0 aliphatic carbocycles. The van der Waals surface area contributed by atoms with Crippen LogP contribution in [0.4, 0.5) is 0 Å². The second kappa shape index (κ2) is 3.44. The molecule has 0 heterocycles. The molecule has 3 nitrogen and oxygen atoms in total. The molecule has 0 aromatic rings. The van der Waals surface area contributed by atoms with Crippen molar-refractivity contribution in [1.82, 2.24) is 10.2 Å². The molecule has 0 spiro atoms. The van der Waals surface area contributed by atoms with Crippen LogP contribution in [0, 0.1) is 11.5 Å². The maximum absolute atomic E-state index is 8.10. The largest absolute Gasteiger partial charge is 0.302 e. The van der Waals surface area contributed by atoms with Crippen molar-refractivity contribution in [3.63, 3.8) is 0 Å². The van der Waals surface area contributed by atoms with Gasteiger partial charge in [-0.25, -0.2) is 0 Å². The second-order valence-electron chi connectivity index (χ2n) is 1.31. The van der Waals surface area contributed by atoms with Gasteiger partial charge in [0.05, 0.1) is 6.67 Å². The average molecular weight is 99.1 g/mol. The summed E-state index contributed by atoms with van der Waals surface area (Å²) in [5.41, 5.74) is 0. The Morgan fingerprint density at radius 3 is 2.57 bits per heavy atom.